The molecule has 7 nitrogen and oxygen atoms in total. The van der Waals surface area contributed by atoms with E-state index in [-0.39, 0.29) is 5.69 Å². The van der Waals surface area contributed by atoms with E-state index in [2.05, 4.69) is 10.3 Å². The summed E-state index contributed by atoms with van der Waals surface area (Å²) in [5.41, 5.74) is 2.60. The molecular formula is C23H19N3O4. The third-order valence-corrected chi connectivity index (χ3v) is 4.70. The average molecular weight is 401 g/mol. The van der Waals surface area contributed by atoms with Crippen LogP contribution in [-0.4, -0.2) is 35.3 Å². The topological polar surface area (TPSA) is 81.9 Å². The predicted octanol–water partition coefficient (Wildman–Crippen LogP) is 3.84. The fourth-order valence-electron chi connectivity index (χ4n) is 3.26. The normalized spacial score (nSPS) is 10.6. The molecule has 0 aliphatic carbocycles. The summed E-state index contributed by atoms with van der Waals surface area (Å²) in [6.45, 7) is 0. The molecule has 0 bridgehead atoms. The van der Waals surface area contributed by atoms with Crippen molar-refractivity contribution < 1.29 is 19.1 Å². The number of ether oxygens (including phenoxy) is 2. The molecule has 0 aliphatic rings. The molecule has 4 rings (SSSR count). The lowest BCUT2D eigenvalue weighted by atomic mass is 10.1. The summed E-state index contributed by atoms with van der Waals surface area (Å²) in [7, 11) is 3.01. The first-order valence-corrected chi connectivity index (χ1v) is 9.21. The summed E-state index contributed by atoms with van der Waals surface area (Å²) in [6.07, 6.45) is 3.39. The zero-order chi connectivity index (χ0) is 21.1. The average Bonchev–Trinajstić information content (AvgIpc) is 3.19. The van der Waals surface area contributed by atoms with Crippen molar-refractivity contribution in [2.24, 2.45) is 0 Å². The Morgan fingerprint density at radius 2 is 1.80 bits per heavy atom. The van der Waals surface area contributed by atoms with E-state index < -0.39 is 11.7 Å². The molecule has 3 aromatic heterocycles. The summed E-state index contributed by atoms with van der Waals surface area (Å²) in [4.78, 5) is 30.4. The maximum Gasteiger partial charge on any atom is 0.298 e. The Balaban J connectivity index is 1.74. The van der Waals surface area contributed by atoms with Crippen molar-refractivity contribution in [1.29, 1.82) is 0 Å². The number of anilines is 1. The van der Waals surface area contributed by atoms with Gasteiger partial charge in [-0.3, -0.25) is 14.6 Å². The number of methoxy groups -OCH3 is 2. The van der Waals surface area contributed by atoms with E-state index in [1.54, 1.807) is 53.2 Å². The minimum absolute atomic E-state index is 0.245. The largest absolute Gasteiger partial charge is 0.497 e. The number of benzene rings is 1. The molecule has 0 atom stereocenters. The number of nitrogens with one attached hydrogen (secondary N) is 1. The zero-order valence-electron chi connectivity index (χ0n) is 16.5. The van der Waals surface area contributed by atoms with Gasteiger partial charge < -0.3 is 19.2 Å². The number of hydrogen-bond donors (Lipinski definition) is 1. The van der Waals surface area contributed by atoms with Crippen molar-refractivity contribution in [2.75, 3.05) is 19.5 Å². The van der Waals surface area contributed by atoms with Crippen LogP contribution in [0.3, 0.4) is 0 Å². The minimum atomic E-state index is -0.778. The van der Waals surface area contributed by atoms with Crippen LogP contribution in [0.4, 0.5) is 5.69 Å². The van der Waals surface area contributed by atoms with Gasteiger partial charge in [0, 0.05) is 29.5 Å². The van der Waals surface area contributed by atoms with Crippen LogP contribution in [0.1, 0.15) is 10.5 Å². The van der Waals surface area contributed by atoms with Gasteiger partial charge in [-0.1, -0.05) is 12.1 Å². The molecule has 4 aromatic rings. The lowest BCUT2D eigenvalue weighted by molar-refractivity contribution is -0.112. The van der Waals surface area contributed by atoms with Gasteiger partial charge in [-0.15, -0.1) is 0 Å². The Hall–Kier alpha value is -4.13. The summed E-state index contributed by atoms with van der Waals surface area (Å²) < 4.78 is 12.2. The van der Waals surface area contributed by atoms with Gasteiger partial charge in [0.05, 0.1) is 25.6 Å². The molecule has 0 saturated carbocycles. The second-order valence-electron chi connectivity index (χ2n) is 6.47. The highest BCUT2D eigenvalue weighted by atomic mass is 16.5. The second kappa shape index (κ2) is 8.08. The molecule has 0 fully saturated rings. The first kappa shape index (κ1) is 19.2. The van der Waals surface area contributed by atoms with E-state index in [9.17, 15) is 9.59 Å². The van der Waals surface area contributed by atoms with Crippen molar-refractivity contribution in [1.82, 2.24) is 9.38 Å². The molecule has 7 heteroatoms. The van der Waals surface area contributed by atoms with E-state index in [4.69, 9.17) is 9.47 Å². The molecule has 30 heavy (non-hydrogen) atoms. The van der Waals surface area contributed by atoms with Gasteiger partial charge in [0.25, 0.3) is 11.7 Å². The van der Waals surface area contributed by atoms with Gasteiger partial charge in [-0.2, -0.15) is 0 Å². The second-order valence-corrected chi connectivity index (χ2v) is 6.47. The van der Waals surface area contributed by atoms with Crippen LogP contribution >= 0.6 is 0 Å². The standard InChI is InChI=1S/C23H19N3O4/c1-29-16-9-10-19(20(14-16)30-2)25-23(28)22(27)21-17(18-8-3-5-11-24-18)13-15-7-4-6-12-26(15)21/h3-14H,1-2H3,(H,25,28). The Kier molecular flexibility index (Phi) is 5.17. The fraction of sp³-hybridized carbons (Fsp3) is 0.0870. The molecule has 0 radical (unpaired) electrons. The highest BCUT2D eigenvalue weighted by Gasteiger charge is 2.26. The smallest absolute Gasteiger partial charge is 0.298 e. The maximum absolute atomic E-state index is 13.2. The highest BCUT2D eigenvalue weighted by Crippen LogP contribution is 2.30. The lowest BCUT2D eigenvalue weighted by Gasteiger charge is -2.12. The molecule has 0 saturated heterocycles. The molecular weight excluding hydrogens is 382 g/mol. The number of rotatable bonds is 6. The van der Waals surface area contributed by atoms with Gasteiger partial charge in [-0.05, 0) is 42.5 Å². The summed E-state index contributed by atoms with van der Waals surface area (Å²) in [6, 6.07) is 17.7. The fourth-order valence-corrected chi connectivity index (χ4v) is 3.26. The number of nitrogens with zero attached hydrogens (tertiary/aromatic N) is 2. The number of fused-ring (bicyclic) bond motifs is 1. The van der Waals surface area contributed by atoms with Gasteiger partial charge >= 0.3 is 0 Å². The Bertz CT molecular complexity index is 1230. The number of carbonyl (C=O) groups excluding carboxylic acids is 2. The zero-order valence-corrected chi connectivity index (χ0v) is 16.5. The van der Waals surface area contributed by atoms with Crippen molar-refractivity contribution in [3.05, 3.63) is 78.8 Å². The Morgan fingerprint density at radius 3 is 2.53 bits per heavy atom. The molecule has 1 aromatic carbocycles. The summed E-state index contributed by atoms with van der Waals surface area (Å²) >= 11 is 0. The number of carbonyl (C=O) groups is 2. The number of amides is 1. The van der Waals surface area contributed by atoms with E-state index in [1.165, 1.54) is 14.2 Å². The number of Topliss-reactive ketones (excluding diaryl/α,β-unsaturated/α-hetero) is 1. The maximum atomic E-state index is 13.2. The minimum Gasteiger partial charge on any atom is -0.497 e. The van der Waals surface area contributed by atoms with Crippen LogP contribution in [0.2, 0.25) is 0 Å². The highest BCUT2D eigenvalue weighted by molar-refractivity contribution is 6.47. The van der Waals surface area contributed by atoms with Crippen molar-refractivity contribution in [3.8, 4) is 22.8 Å². The number of aromatic nitrogens is 2. The van der Waals surface area contributed by atoms with Crippen LogP contribution in [0.15, 0.2) is 73.1 Å². The third kappa shape index (κ3) is 3.48. The van der Waals surface area contributed by atoms with Crippen LogP contribution in [0.5, 0.6) is 11.5 Å². The SMILES string of the molecule is COc1ccc(NC(=O)C(=O)c2c(-c3ccccn3)cc3ccccn23)c(OC)c1. The van der Waals surface area contributed by atoms with Gasteiger partial charge in [0.2, 0.25) is 0 Å². The summed E-state index contributed by atoms with van der Waals surface area (Å²) in [5, 5.41) is 2.64. The van der Waals surface area contributed by atoms with Crippen LogP contribution in [0.25, 0.3) is 16.8 Å². The molecule has 3 heterocycles. The van der Waals surface area contributed by atoms with Gasteiger partial charge in [-0.25, -0.2) is 0 Å². The third-order valence-electron chi connectivity index (χ3n) is 4.70. The number of ketones is 1. The molecule has 0 unspecified atom stereocenters. The van der Waals surface area contributed by atoms with Gasteiger partial charge in [0.1, 0.15) is 17.2 Å². The van der Waals surface area contributed by atoms with E-state index in [0.717, 1.165) is 5.52 Å². The van der Waals surface area contributed by atoms with E-state index in [1.807, 2.05) is 24.3 Å². The number of hydrogen-bond acceptors (Lipinski definition) is 5. The Labute approximate surface area is 172 Å². The molecule has 150 valence electrons. The summed E-state index contributed by atoms with van der Waals surface area (Å²) in [5.74, 6) is -0.495. The lowest BCUT2D eigenvalue weighted by Crippen LogP contribution is -2.25. The van der Waals surface area contributed by atoms with Crippen LogP contribution in [0, 0.1) is 0 Å². The van der Waals surface area contributed by atoms with E-state index >= 15 is 0 Å². The quantitative estimate of drug-likeness (QED) is 0.392. The number of pyridine rings is 2. The first-order chi connectivity index (χ1) is 14.6. The van der Waals surface area contributed by atoms with E-state index in [0.29, 0.717) is 28.4 Å². The van der Waals surface area contributed by atoms with Crippen LogP contribution < -0.4 is 14.8 Å². The predicted molar refractivity (Wildman–Crippen MR) is 113 cm³/mol. The van der Waals surface area contributed by atoms with Crippen molar-refractivity contribution >= 4 is 22.9 Å². The van der Waals surface area contributed by atoms with Gasteiger partial charge in [0.15, 0.2) is 0 Å². The molecule has 0 aliphatic heterocycles. The first-order valence-electron chi connectivity index (χ1n) is 9.21. The molecule has 1 amide bonds. The monoisotopic (exact) mass is 401 g/mol. The molecule has 1 N–H and O–H groups in total. The van der Waals surface area contributed by atoms with Crippen molar-refractivity contribution in [3.63, 3.8) is 0 Å². The molecule has 0 spiro atoms. The van der Waals surface area contributed by atoms with Crippen molar-refractivity contribution in [2.45, 2.75) is 0 Å². The Morgan fingerprint density at radius 1 is 0.967 bits per heavy atom. The van der Waals surface area contributed by atoms with Crippen LogP contribution in [-0.2, 0) is 4.79 Å².